The summed E-state index contributed by atoms with van der Waals surface area (Å²) in [6, 6.07) is 0. The van der Waals surface area contributed by atoms with Gasteiger partial charge in [0.2, 0.25) is 0 Å². The van der Waals surface area contributed by atoms with Crippen LogP contribution in [-0.2, 0) is 11.8 Å². The van der Waals surface area contributed by atoms with Crippen LogP contribution in [0.3, 0.4) is 0 Å². The number of nitrogens with one attached hydrogen (secondary N) is 1. The molecule has 0 atom stereocenters. The molecule has 0 spiro atoms. The molecule has 16 heavy (non-hydrogen) atoms. The maximum Gasteiger partial charge on any atom is 0.263 e. The van der Waals surface area contributed by atoms with Crippen LogP contribution in [-0.4, -0.2) is 20.0 Å². The predicted octanol–water partition coefficient (Wildman–Crippen LogP) is 1.53. The molecule has 0 bridgehead atoms. The number of carbonyl (C=O) groups is 1. The first-order valence-corrected chi connectivity index (χ1v) is 5.96. The average molecular weight is 253 g/mol. The van der Waals surface area contributed by atoms with E-state index >= 15 is 0 Å². The monoisotopic (exact) mass is 253 g/mol. The molecule has 1 aromatic heterocycles. The van der Waals surface area contributed by atoms with Crippen molar-refractivity contribution in [2.24, 2.45) is 7.05 Å². The van der Waals surface area contributed by atoms with Crippen molar-refractivity contribution in [3.05, 3.63) is 21.9 Å². The van der Waals surface area contributed by atoms with E-state index in [-0.39, 0.29) is 5.91 Å². The van der Waals surface area contributed by atoms with Crippen molar-refractivity contribution in [1.29, 1.82) is 0 Å². The van der Waals surface area contributed by atoms with Crippen LogP contribution >= 0.6 is 24.0 Å². The van der Waals surface area contributed by atoms with Crippen molar-refractivity contribution >= 4 is 40.3 Å². The minimum Gasteiger partial charge on any atom is -0.307 e. The number of rotatable bonds is 1. The Morgan fingerprint density at radius 1 is 1.50 bits per heavy atom. The lowest BCUT2D eigenvalue weighted by molar-refractivity contribution is -0.115. The molecule has 4 nitrogen and oxygen atoms in total. The molecule has 0 radical (unpaired) electrons. The zero-order valence-electron chi connectivity index (χ0n) is 9.20. The topological polar surface area (TPSA) is 46.9 Å². The van der Waals surface area contributed by atoms with Gasteiger partial charge in [-0.05, 0) is 19.9 Å². The Hall–Kier alpha value is -1.14. The summed E-state index contributed by atoms with van der Waals surface area (Å²) < 4.78 is 2.31. The molecule has 84 valence electrons. The fourth-order valence-electron chi connectivity index (χ4n) is 1.55. The molecule has 2 rings (SSSR count). The quantitative estimate of drug-likeness (QED) is 0.609. The van der Waals surface area contributed by atoms with Crippen molar-refractivity contribution in [3.8, 4) is 0 Å². The summed E-state index contributed by atoms with van der Waals surface area (Å²) in [5.41, 5.74) is 2.94. The molecule has 1 fully saturated rings. The van der Waals surface area contributed by atoms with Gasteiger partial charge in [0.25, 0.3) is 5.91 Å². The zero-order valence-corrected chi connectivity index (χ0v) is 10.8. The fraction of sp³-hybridized carbons (Fsp3) is 0.300. The van der Waals surface area contributed by atoms with Gasteiger partial charge in [0.1, 0.15) is 4.32 Å². The molecule has 0 aliphatic carbocycles. The van der Waals surface area contributed by atoms with Gasteiger partial charge >= 0.3 is 0 Å². The van der Waals surface area contributed by atoms with E-state index in [1.807, 2.05) is 27.0 Å². The van der Waals surface area contributed by atoms with Crippen LogP contribution in [0.4, 0.5) is 0 Å². The Balaban J connectivity index is 2.43. The van der Waals surface area contributed by atoms with Crippen LogP contribution in [0.1, 0.15) is 17.0 Å². The van der Waals surface area contributed by atoms with E-state index in [1.165, 1.54) is 11.8 Å². The summed E-state index contributed by atoms with van der Waals surface area (Å²) in [5.74, 6) is -0.127. The molecule has 0 aromatic carbocycles. The highest BCUT2D eigenvalue weighted by atomic mass is 32.2. The second-order valence-electron chi connectivity index (χ2n) is 3.56. The highest BCUT2D eigenvalue weighted by molar-refractivity contribution is 8.26. The van der Waals surface area contributed by atoms with Crippen molar-refractivity contribution in [1.82, 2.24) is 15.1 Å². The van der Waals surface area contributed by atoms with Gasteiger partial charge < -0.3 is 5.32 Å². The van der Waals surface area contributed by atoms with Gasteiger partial charge in [0.15, 0.2) is 0 Å². The Kier molecular flexibility index (Phi) is 2.86. The predicted molar refractivity (Wildman–Crippen MR) is 69.0 cm³/mol. The molecule has 0 saturated carbocycles. The van der Waals surface area contributed by atoms with E-state index < -0.39 is 0 Å². The highest BCUT2D eigenvalue weighted by Gasteiger charge is 2.23. The number of thioether (sulfide) groups is 1. The largest absolute Gasteiger partial charge is 0.307 e. The first kappa shape index (κ1) is 11.3. The second-order valence-corrected chi connectivity index (χ2v) is 5.28. The first-order valence-electron chi connectivity index (χ1n) is 4.74. The van der Waals surface area contributed by atoms with Crippen LogP contribution in [0, 0.1) is 13.8 Å². The number of hydrogen-bond acceptors (Lipinski definition) is 4. The van der Waals surface area contributed by atoms with E-state index in [0.29, 0.717) is 9.23 Å². The molecule has 1 saturated heterocycles. The van der Waals surface area contributed by atoms with Crippen molar-refractivity contribution in [2.45, 2.75) is 13.8 Å². The van der Waals surface area contributed by atoms with Crippen molar-refractivity contribution in [2.75, 3.05) is 0 Å². The third-order valence-corrected chi connectivity index (χ3v) is 3.65. The minimum atomic E-state index is -0.127. The minimum absolute atomic E-state index is 0.127. The summed E-state index contributed by atoms with van der Waals surface area (Å²) in [7, 11) is 1.89. The summed E-state index contributed by atoms with van der Waals surface area (Å²) in [6.07, 6.45) is 1.84. The Bertz CT molecular complexity index is 516. The number of amides is 1. The van der Waals surface area contributed by atoms with Gasteiger partial charge in [-0.2, -0.15) is 5.10 Å². The SMILES string of the molecule is Cc1nn(C)c(C)c1C=C1SC(=S)NC1=O. The number of thiocarbonyl (C=S) groups is 1. The first-order chi connectivity index (χ1) is 7.49. The van der Waals surface area contributed by atoms with Crippen LogP contribution in [0.5, 0.6) is 0 Å². The molecule has 1 amide bonds. The molecular weight excluding hydrogens is 242 g/mol. The Morgan fingerprint density at radius 3 is 2.62 bits per heavy atom. The average Bonchev–Trinajstić information content (AvgIpc) is 2.62. The number of hydrogen-bond donors (Lipinski definition) is 1. The van der Waals surface area contributed by atoms with Crippen LogP contribution in [0.25, 0.3) is 6.08 Å². The lowest BCUT2D eigenvalue weighted by atomic mass is 10.2. The third-order valence-electron chi connectivity index (χ3n) is 2.48. The van der Waals surface area contributed by atoms with E-state index in [0.717, 1.165) is 17.0 Å². The van der Waals surface area contributed by atoms with Gasteiger partial charge in [-0.1, -0.05) is 24.0 Å². The van der Waals surface area contributed by atoms with E-state index in [4.69, 9.17) is 12.2 Å². The fourth-order valence-corrected chi connectivity index (χ4v) is 2.58. The van der Waals surface area contributed by atoms with Gasteiger partial charge in [0, 0.05) is 18.3 Å². The molecular formula is C10H11N3OS2. The Labute approximate surface area is 103 Å². The second kappa shape index (κ2) is 4.03. The number of aryl methyl sites for hydroxylation is 2. The number of carbonyl (C=O) groups excluding carboxylic acids is 1. The van der Waals surface area contributed by atoms with E-state index in [1.54, 1.807) is 4.68 Å². The molecule has 0 unspecified atom stereocenters. The third kappa shape index (κ3) is 1.90. The zero-order chi connectivity index (χ0) is 11.9. The molecule has 1 aliphatic rings. The smallest absolute Gasteiger partial charge is 0.263 e. The normalized spacial score (nSPS) is 18.3. The summed E-state index contributed by atoms with van der Waals surface area (Å²) >= 11 is 6.22. The van der Waals surface area contributed by atoms with E-state index in [9.17, 15) is 4.79 Å². The van der Waals surface area contributed by atoms with Gasteiger partial charge in [0.05, 0.1) is 10.6 Å². The van der Waals surface area contributed by atoms with Gasteiger partial charge in [-0.3, -0.25) is 9.48 Å². The van der Waals surface area contributed by atoms with Gasteiger partial charge in [-0.15, -0.1) is 0 Å². The van der Waals surface area contributed by atoms with Crippen LogP contribution < -0.4 is 5.32 Å². The maximum atomic E-state index is 11.5. The van der Waals surface area contributed by atoms with Crippen LogP contribution in [0.2, 0.25) is 0 Å². The number of aromatic nitrogens is 2. The molecule has 1 aromatic rings. The highest BCUT2D eigenvalue weighted by Crippen LogP contribution is 2.27. The molecule has 6 heteroatoms. The molecule has 1 N–H and O–H groups in total. The Morgan fingerprint density at radius 2 is 2.19 bits per heavy atom. The molecule has 2 heterocycles. The van der Waals surface area contributed by atoms with E-state index in [2.05, 4.69) is 10.4 Å². The molecule has 1 aliphatic heterocycles. The van der Waals surface area contributed by atoms with Crippen molar-refractivity contribution < 1.29 is 4.79 Å². The standard InChI is InChI=1S/C10H11N3OS2/c1-5-7(6(2)13(3)12-5)4-8-9(14)11-10(15)16-8/h4H,1-3H3,(H,11,14,15). The maximum absolute atomic E-state index is 11.5. The lowest BCUT2D eigenvalue weighted by Crippen LogP contribution is -2.17. The summed E-state index contributed by atoms with van der Waals surface area (Å²) in [5, 5.41) is 6.89. The summed E-state index contributed by atoms with van der Waals surface area (Å²) in [6.45, 7) is 3.90. The van der Waals surface area contributed by atoms with Crippen LogP contribution in [0.15, 0.2) is 4.91 Å². The van der Waals surface area contributed by atoms with Gasteiger partial charge in [-0.25, -0.2) is 0 Å². The lowest BCUT2D eigenvalue weighted by Gasteiger charge is -1.96. The number of nitrogens with zero attached hydrogens (tertiary/aromatic N) is 2. The summed E-state index contributed by atoms with van der Waals surface area (Å²) in [4.78, 5) is 12.1. The van der Waals surface area contributed by atoms with Crippen molar-refractivity contribution in [3.63, 3.8) is 0 Å².